The average Bonchev–Trinajstić information content (AvgIpc) is 2.35. The van der Waals surface area contributed by atoms with E-state index in [2.05, 4.69) is 15.9 Å². The summed E-state index contributed by atoms with van der Waals surface area (Å²) in [7, 11) is 0. The van der Waals surface area contributed by atoms with Gasteiger partial charge in [-0.05, 0) is 52.2 Å². The van der Waals surface area contributed by atoms with Gasteiger partial charge in [-0.25, -0.2) is 8.78 Å². The number of halogens is 4. The van der Waals surface area contributed by atoms with Gasteiger partial charge in [0.1, 0.15) is 11.6 Å². The summed E-state index contributed by atoms with van der Waals surface area (Å²) in [4.78, 5) is 0. The van der Waals surface area contributed by atoms with Crippen LogP contribution in [0.4, 0.5) is 8.78 Å². The Balaban J connectivity index is 2.50. The molecule has 100 valence electrons. The lowest BCUT2D eigenvalue weighted by molar-refractivity contribution is 0.597. The van der Waals surface area contributed by atoms with E-state index < -0.39 is 11.9 Å². The van der Waals surface area contributed by atoms with Crippen molar-refractivity contribution in [3.63, 3.8) is 0 Å². The third-order valence-electron chi connectivity index (χ3n) is 2.97. The molecule has 0 saturated heterocycles. The van der Waals surface area contributed by atoms with Crippen LogP contribution in [0.5, 0.6) is 0 Å². The Morgan fingerprint density at radius 3 is 2.42 bits per heavy atom. The van der Waals surface area contributed by atoms with E-state index in [4.69, 9.17) is 17.3 Å². The lowest BCUT2D eigenvalue weighted by Crippen LogP contribution is -2.15. The highest BCUT2D eigenvalue weighted by Gasteiger charge is 2.19. The van der Waals surface area contributed by atoms with Gasteiger partial charge in [0.25, 0.3) is 0 Å². The first-order chi connectivity index (χ1) is 8.91. The van der Waals surface area contributed by atoms with Crippen LogP contribution in [-0.4, -0.2) is 0 Å². The fourth-order valence-corrected chi connectivity index (χ4v) is 2.41. The van der Waals surface area contributed by atoms with Gasteiger partial charge in [-0.3, -0.25) is 0 Å². The lowest BCUT2D eigenvalue weighted by atomic mass is 9.95. The summed E-state index contributed by atoms with van der Waals surface area (Å²) in [6.07, 6.45) is 0. The maximum absolute atomic E-state index is 14.1. The molecule has 5 heteroatoms. The third-order valence-corrected chi connectivity index (χ3v) is 4.23. The molecule has 0 fully saturated rings. The summed E-state index contributed by atoms with van der Waals surface area (Å²) in [6.45, 7) is 1.73. The molecule has 0 heterocycles. The highest BCUT2D eigenvalue weighted by Crippen LogP contribution is 2.32. The van der Waals surface area contributed by atoms with Gasteiger partial charge in [-0.15, -0.1) is 0 Å². The Bertz CT molecular complexity index is 631. The van der Waals surface area contributed by atoms with Gasteiger partial charge in [0.2, 0.25) is 0 Å². The predicted octanol–water partition coefficient (Wildman–Crippen LogP) is 4.74. The van der Waals surface area contributed by atoms with Crippen molar-refractivity contribution in [3.8, 4) is 0 Å². The highest BCUT2D eigenvalue weighted by molar-refractivity contribution is 9.10. The molecule has 1 atom stereocenters. The normalized spacial score (nSPS) is 12.5. The molecule has 0 aliphatic rings. The van der Waals surface area contributed by atoms with Gasteiger partial charge in [-0.1, -0.05) is 23.7 Å². The molecular formula is C14H11BrClF2N. The molecule has 0 saturated carbocycles. The second kappa shape index (κ2) is 5.57. The van der Waals surface area contributed by atoms with Crippen LogP contribution in [0.2, 0.25) is 5.02 Å². The first kappa shape index (κ1) is 14.4. The van der Waals surface area contributed by atoms with Gasteiger partial charge >= 0.3 is 0 Å². The summed E-state index contributed by atoms with van der Waals surface area (Å²) >= 11 is 8.99. The van der Waals surface area contributed by atoms with Gasteiger partial charge in [0.15, 0.2) is 0 Å². The zero-order valence-corrected chi connectivity index (χ0v) is 12.4. The Labute approximate surface area is 123 Å². The molecule has 0 radical (unpaired) electrons. The minimum absolute atomic E-state index is 0.00675. The Morgan fingerprint density at radius 1 is 1.16 bits per heavy atom. The minimum Gasteiger partial charge on any atom is -0.320 e. The van der Waals surface area contributed by atoms with Crippen molar-refractivity contribution in [1.29, 1.82) is 0 Å². The zero-order chi connectivity index (χ0) is 14.2. The van der Waals surface area contributed by atoms with E-state index in [-0.39, 0.29) is 16.4 Å². The summed E-state index contributed by atoms with van der Waals surface area (Å²) < 4.78 is 27.6. The summed E-state index contributed by atoms with van der Waals surface area (Å²) in [5.41, 5.74) is 7.67. The van der Waals surface area contributed by atoms with E-state index in [9.17, 15) is 8.78 Å². The first-order valence-corrected chi connectivity index (χ1v) is 6.74. The predicted molar refractivity (Wildman–Crippen MR) is 76.3 cm³/mol. The molecule has 2 N–H and O–H groups in total. The first-order valence-electron chi connectivity index (χ1n) is 5.57. The van der Waals surface area contributed by atoms with Crippen molar-refractivity contribution in [3.05, 3.63) is 68.2 Å². The third kappa shape index (κ3) is 2.81. The van der Waals surface area contributed by atoms with Crippen molar-refractivity contribution < 1.29 is 8.78 Å². The van der Waals surface area contributed by atoms with E-state index >= 15 is 0 Å². The SMILES string of the molecule is Cc1cc(F)ccc1C(N)c1ccc(Br)c(Cl)c1F. The minimum atomic E-state index is -0.689. The number of rotatable bonds is 2. The molecule has 2 rings (SSSR count). The standard InChI is InChI=1S/C14H11BrClF2N/c1-7-6-8(17)2-3-9(7)14(19)10-4-5-11(15)12(16)13(10)18/h2-6,14H,19H2,1H3. The molecule has 0 amide bonds. The molecule has 19 heavy (non-hydrogen) atoms. The maximum atomic E-state index is 14.1. The number of benzene rings is 2. The number of nitrogens with two attached hydrogens (primary N) is 1. The van der Waals surface area contributed by atoms with E-state index in [1.54, 1.807) is 25.1 Å². The van der Waals surface area contributed by atoms with E-state index in [0.717, 1.165) is 0 Å². The highest BCUT2D eigenvalue weighted by atomic mass is 79.9. The molecule has 2 aromatic rings. The second-order valence-corrected chi connectivity index (χ2v) is 5.48. The van der Waals surface area contributed by atoms with Crippen LogP contribution < -0.4 is 5.73 Å². The fraction of sp³-hybridized carbons (Fsp3) is 0.143. The number of hydrogen-bond donors (Lipinski definition) is 1. The zero-order valence-electron chi connectivity index (χ0n) is 10.1. The molecule has 0 bridgehead atoms. The van der Waals surface area contributed by atoms with Crippen LogP contribution in [-0.2, 0) is 0 Å². The van der Waals surface area contributed by atoms with Crippen LogP contribution in [0.3, 0.4) is 0 Å². The van der Waals surface area contributed by atoms with Crippen molar-refractivity contribution in [2.75, 3.05) is 0 Å². The number of aryl methyl sites for hydroxylation is 1. The van der Waals surface area contributed by atoms with Crippen LogP contribution in [0.15, 0.2) is 34.8 Å². The Kier molecular flexibility index (Phi) is 4.23. The van der Waals surface area contributed by atoms with Gasteiger partial charge in [-0.2, -0.15) is 0 Å². The van der Waals surface area contributed by atoms with E-state index in [0.29, 0.717) is 15.6 Å². The van der Waals surface area contributed by atoms with Gasteiger partial charge in [0.05, 0.1) is 11.1 Å². The van der Waals surface area contributed by atoms with Crippen molar-refractivity contribution in [2.24, 2.45) is 5.73 Å². The quantitative estimate of drug-likeness (QED) is 0.781. The molecule has 1 nitrogen and oxygen atoms in total. The summed E-state index contributed by atoms with van der Waals surface area (Å²) in [6, 6.07) is 6.75. The van der Waals surface area contributed by atoms with Crippen molar-refractivity contribution in [2.45, 2.75) is 13.0 Å². The Morgan fingerprint density at radius 2 is 1.79 bits per heavy atom. The van der Waals surface area contributed by atoms with Gasteiger partial charge < -0.3 is 5.73 Å². The Hall–Kier alpha value is -0.970. The topological polar surface area (TPSA) is 26.0 Å². The average molecular weight is 347 g/mol. The molecule has 0 aliphatic heterocycles. The van der Waals surface area contributed by atoms with Crippen molar-refractivity contribution in [1.82, 2.24) is 0 Å². The monoisotopic (exact) mass is 345 g/mol. The second-order valence-electron chi connectivity index (χ2n) is 4.24. The molecular weight excluding hydrogens is 336 g/mol. The van der Waals surface area contributed by atoms with Crippen LogP contribution >= 0.6 is 27.5 Å². The van der Waals surface area contributed by atoms with Crippen LogP contribution in [0.1, 0.15) is 22.7 Å². The summed E-state index contributed by atoms with van der Waals surface area (Å²) in [5.74, 6) is -0.907. The maximum Gasteiger partial charge on any atom is 0.148 e. The molecule has 0 aromatic heterocycles. The number of hydrogen-bond acceptors (Lipinski definition) is 1. The lowest BCUT2D eigenvalue weighted by Gasteiger charge is -2.17. The van der Waals surface area contributed by atoms with Gasteiger partial charge in [0, 0.05) is 10.0 Å². The molecule has 2 aromatic carbocycles. The van der Waals surface area contributed by atoms with Crippen LogP contribution in [0, 0.1) is 18.6 Å². The summed E-state index contributed by atoms with van der Waals surface area (Å²) in [5, 5.41) is -0.00675. The fourth-order valence-electron chi connectivity index (χ4n) is 1.94. The van der Waals surface area contributed by atoms with Crippen molar-refractivity contribution >= 4 is 27.5 Å². The molecule has 0 aliphatic carbocycles. The van der Waals surface area contributed by atoms with Crippen LogP contribution in [0.25, 0.3) is 0 Å². The van der Waals surface area contributed by atoms with E-state index in [1.165, 1.54) is 12.1 Å². The molecule has 0 spiro atoms. The molecule has 1 unspecified atom stereocenters. The van der Waals surface area contributed by atoms with E-state index in [1.807, 2.05) is 0 Å². The largest absolute Gasteiger partial charge is 0.320 e. The smallest absolute Gasteiger partial charge is 0.148 e.